The van der Waals surface area contributed by atoms with Gasteiger partial charge in [-0.3, -0.25) is 4.39 Å². The Morgan fingerprint density at radius 1 is 1.10 bits per heavy atom. The SMILES string of the molecule is C=C/C=C(\C=C)c1ccc(C2=CCCC=C2)cc1.CF. The number of allylic oxidation sites excluding steroid dienone is 8. The Labute approximate surface area is 121 Å². The van der Waals surface area contributed by atoms with Crippen LogP contribution in [0.15, 0.2) is 73.9 Å². The number of halogens is 1. The first-order chi connectivity index (χ1) is 9.85. The van der Waals surface area contributed by atoms with Crippen LogP contribution in [-0.2, 0) is 0 Å². The van der Waals surface area contributed by atoms with E-state index in [0.29, 0.717) is 7.18 Å². The summed E-state index contributed by atoms with van der Waals surface area (Å²) in [7, 11) is 0.500. The molecule has 20 heavy (non-hydrogen) atoms. The predicted octanol–water partition coefficient (Wildman–Crippen LogP) is 5.76. The standard InChI is InChI=1S/C18H18.CH3F/c1-3-8-15(4-2)17-11-13-18(14-12-17)16-9-6-5-7-10-16;1-2/h3-4,6,8-14H,1-2,5,7H2;1H3/b15-8+;. The highest BCUT2D eigenvalue weighted by molar-refractivity contribution is 5.78. The Bertz CT molecular complexity index is 527. The lowest BCUT2D eigenvalue weighted by Gasteiger charge is -2.08. The summed E-state index contributed by atoms with van der Waals surface area (Å²) in [5.41, 5.74) is 4.87. The third-order valence-electron chi connectivity index (χ3n) is 3.06. The van der Waals surface area contributed by atoms with E-state index in [1.807, 2.05) is 12.2 Å². The first-order valence-corrected chi connectivity index (χ1v) is 6.65. The quantitative estimate of drug-likeness (QED) is 0.609. The van der Waals surface area contributed by atoms with Crippen molar-refractivity contribution in [2.24, 2.45) is 0 Å². The van der Waals surface area contributed by atoms with Crippen molar-refractivity contribution in [2.75, 3.05) is 7.18 Å². The Morgan fingerprint density at radius 2 is 1.80 bits per heavy atom. The third-order valence-corrected chi connectivity index (χ3v) is 3.06. The molecule has 104 valence electrons. The molecule has 0 N–H and O–H groups in total. The third kappa shape index (κ3) is 4.20. The summed E-state index contributed by atoms with van der Waals surface area (Å²) in [6.45, 7) is 7.55. The maximum absolute atomic E-state index is 9.50. The molecule has 0 bridgehead atoms. The fourth-order valence-corrected chi connectivity index (χ4v) is 2.09. The summed E-state index contributed by atoms with van der Waals surface area (Å²) in [5.74, 6) is 0. The lowest BCUT2D eigenvalue weighted by atomic mass is 9.97. The zero-order valence-electron chi connectivity index (χ0n) is 12.0. The molecule has 0 aliphatic heterocycles. The van der Waals surface area contributed by atoms with Crippen LogP contribution in [0.3, 0.4) is 0 Å². The summed E-state index contributed by atoms with van der Waals surface area (Å²) in [6.07, 6.45) is 14.6. The largest absolute Gasteiger partial charge is 0.255 e. The Morgan fingerprint density at radius 3 is 2.30 bits per heavy atom. The van der Waals surface area contributed by atoms with E-state index in [1.54, 1.807) is 6.08 Å². The van der Waals surface area contributed by atoms with Crippen molar-refractivity contribution in [3.05, 3.63) is 85.0 Å². The Hall–Kier alpha value is -2.15. The minimum Gasteiger partial charge on any atom is -0.255 e. The average Bonchev–Trinajstić information content (AvgIpc) is 2.55. The monoisotopic (exact) mass is 268 g/mol. The molecule has 1 heteroatoms. The normalized spacial score (nSPS) is 13.9. The van der Waals surface area contributed by atoms with Crippen LogP contribution in [-0.4, -0.2) is 7.18 Å². The molecule has 0 saturated heterocycles. The van der Waals surface area contributed by atoms with E-state index in [4.69, 9.17) is 0 Å². The highest BCUT2D eigenvalue weighted by Crippen LogP contribution is 2.23. The minimum atomic E-state index is 0.500. The van der Waals surface area contributed by atoms with Crippen molar-refractivity contribution in [1.29, 1.82) is 0 Å². The van der Waals surface area contributed by atoms with Gasteiger partial charge in [-0.05, 0) is 35.1 Å². The molecule has 0 radical (unpaired) electrons. The minimum absolute atomic E-state index is 0.500. The zero-order chi connectivity index (χ0) is 14.8. The van der Waals surface area contributed by atoms with Crippen molar-refractivity contribution >= 4 is 11.1 Å². The van der Waals surface area contributed by atoms with Gasteiger partial charge >= 0.3 is 0 Å². The Kier molecular flexibility index (Phi) is 7.05. The number of benzene rings is 1. The van der Waals surface area contributed by atoms with Gasteiger partial charge in [0.2, 0.25) is 0 Å². The average molecular weight is 268 g/mol. The van der Waals surface area contributed by atoms with Crippen molar-refractivity contribution in [2.45, 2.75) is 12.8 Å². The van der Waals surface area contributed by atoms with Crippen molar-refractivity contribution in [1.82, 2.24) is 0 Å². The summed E-state index contributed by atoms with van der Waals surface area (Å²) >= 11 is 0. The summed E-state index contributed by atoms with van der Waals surface area (Å²) in [5, 5.41) is 0. The molecule has 0 fully saturated rings. The zero-order valence-corrected chi connectivity index (χ0v) is 12.0. The molecule has 1 aliphatic carbocycles. The lowest BCUT2D eigenvalue weighted by Crippen LogP contribution is -1.87. The van der Waals surface area contributed by atoms with Gasteiger partial charge in [0.1, 0.15) is 0 Å². The summed E-state index contributed by atoms with van der Waals surface area (Å²) in [6, 6.07) is 8.60. The first kappa shape index (κ1) is 15.9. The molecule has 0 aromatic heterocycles. The second-order valence-corrected chi connectivity index (χ2v) is 4.28. The van der Waals surface area contributed by atoms with E-state index in [2.05, 4.69) is 55.7 Å². The van der Waals surface area contributed by atoms with Crippen LogP contribution in [0.4, 0.5) is 4.39 Å². The molecule has 1 aromatic rings. The van der Waals surface area contributed by atoms with Crippen molar-refractivity contribution in [3.8, 4) is 0 Å². The number of hydrogen-bond donors (Lipinski definition) is 0. The molecule has 0 saturated carbocycles. The van der Waals surface area contributed by atoms with Crippen LogP contribution >= 0.6 is 0 Å². The second kappa shape index (κ2) is 8.87. The van der Waals surface area contributed by atoms with Gasteiger partial charge in [0, 0.05) is 0 Å². The van der Waals surface area contributed by atoms with Crippen LogP contribution in [0.25, 0.3) is 11.1 Å². The van der Waals surface area contributed by atoms with E-state index in [0.717, 1.165) is 18.4 Å². The molecule has 0 heterocycles. The van der Waals surface area contributed by atoms with Crippen LogP contribution < -0.4 is 0 Å². The fraction of sp³-hybridized carbons (Fsp3) is 0.158. The molecule has 0 unspecified atom stereocenters. The number of hydrogen-bond acceptors (Lipinski definition) is 0. The van der Waals surface area contributed by atoms with Gasteiger partial charge in [-0.15, -0.1) is 0 Å². The van der Waals surface area contributed by atoms with Crippen molar-refractivity contribution < 1.29 is 4.39 Å². The molecule has 0 amide bonds. The van der Waals surface area contributed by atoms with E-state index in [-0.39, 0.29) is 0 Å². The van der Waals surface area contributed by atoms with Gasteiger partial charge < -0.3 is 0 Å². The second-order valence-electron chi connectivity index (χ2n) is 4.28. The summed E-state index contributed by atoms with van der Waals surface area (Å²) in [4.78, 5) is 0. The molecule has 0 spiro atoms. The summed E-state index contributed by atoms with van der Waals surface area (Å²) < 4.78 is 9.50. The van der Waals surface area contributed by atoms with E-state index in [1.165, 1.54) is 16.7 Å². The molecule has 0 atom stereocenters. The van der Waals surface area contributed by atoms with Gasteiger partial charge in [0.25, 0.3) is 0 Å². The topological polar surface area (TPSA) is 0 Å². The van der Waals surface area contributed by atoms with E-state index < -0.39 is 0 Å². The van der Waals surface area contributed by atoms with Gasteiger partial charge in [-0.25, -0.2) is 0 Å². The number of alkyl halides is 1. The maximum Gasteiger partial charge on any atom is 0.0785 e. The van der Waals surface area contributed by atoms with Gasteiger partial charge in [0.05, 0.1) is 7.18 Å². The van der Waals surface area contributed by atoms with Crippen molar-refractivity contribution in [3.63, 3.8) is 0 Å². The van der Waals surface area contributed by atoms with Gasteiger partial charge in [0.15, 0.2) is 0 Å². The predicted molar refractivity (Wildman–Crippen MR) is 88.2 cm³/mol. The van der Waals surface area contributed by atoms with Crippen LogP contribution in [0.1, 0.15) is 24.0 Å². The number of rotatable bonds is 4. The molecule has 2 rings (SSSR count). The van der Waals surface area contributed by atoms with E-state index in [9.17, 15) is 4.39 Å². The highest BCUT2D eigenvalue weighted by Gasteiger charge is 2.02. The molecule has 1 aromatic carbocycles. The van der Waals surface area contributed by atoms with Crippen LogP contribution in [0.5, 0.6) is 0 Å². The highest BCUT2D eigenvalue weighted by atomic mass is 19.1. The smallest absolute Gasteiger partial charge is 0.0785 e. The molecule has 1 aliphatic rings. The van der Waals surface area contributed by atoms with Gasteiger partial charge in [-0.2, -0.15) is 0 Å². The Balaban J connectivity index is 0.000000956. The molecular weight excluding hydrogens is 247 g/mol. The van der Waals surface area contributed by atoms with Gasteiger partial charge in [-0.1, -0.05) is 73.9 Å². The lowest BCUT2D eigenvalue weighted by molar-refractivity contribution is 0.636. The molecular formula is C19H21F. The van der Waals surface area contributed by atoms with E-state index >= 15 is 0 Å². The van der Waals surface area contributed by atoms with Crippen LogP contribution in [0, 0.1) is 0 Å². The first-order valence-electron chi connectivity index (χ1n) is 6.65. The molecule has 0 nitrogen and oxygen atoms in total. The fourth-order valence-electron chi connectivity index (χ4n) is 2.09. The maximum atomic E-state index is 9.50. The van der Waals surface area contributed by atoms with Crippen LogP contribution in [0.2, 0.25) is 0 Å².